The molecule has 2 atom stereocenters. The summed E-state index contributed by atoms with van der Waals surface area (Å²) in [6.07, 6.45) is 5.83. The SMILES string of the molecule is CN(C)C1CCCCCC1O. The van der Waals surface area contributed by atoms with Crippen LogP contribution in [0.1, 0.15) is 32.1 Å². The highest BCUT2D eigenvalue weighted by Crippen LogP contribution is 2.20. The van der Waals surface area contributed by atoms with Crippen LogP contribution < -0.4 is 0 Å². The molecule has 0 spiro atoms. The third-order valence-corrected chi connectivity index (χ3v) is 2.61. The van der Waals surface area contributed by atoms with Gasteiger partial charge < -0.3 is 10.0 Å². The fourth-order valence-corrected chi connectivity index (χ4v) is 1.87. The standard InChI is InChI=1S/C9H19NO/c1-10(2)8-6-4-3-5-7-9(8)11/h8-9,11H,3-7H2,1-2H3. The first-order valence-electron chi connectivity index (χ1n) is 4.56. The summed E-state index contributed by atoms with van der Waals surface area (Å²) in [6.45, 7) is 0. The van der Waals surface area contributed by atoms with Crippen LogP contribution in [-0.2, 0) is 0 Å². The molecule has 11 heavy (non-hydrogen) atoms. The van der Waals surface area contributed by atoms with Crippen LogP contribution in [0.15, 0.2) is 0 Å². The number of aliphatic hydroxyl groups excluding tert-OH is 1. The Morgan fingerprint density at radius 2 is 1.73 bits per heavy atom. The fraction of sp³-hybridized carbons (Fsp3) is 1.00. The highest BCUT2D eigenvalue weighted by atomic mass is 16.3. The molecule has 66 valence electrons. The molecule has 2 nitrogen and oxygen atoms in total. The van der Waals surface area contributed by atoms with E-state index < -0.39 is 0 Å². The van der Waals surface area contributed by atoms with Gasteiger partial charge in [0.05, 0.1) is 6.10 Å². The predicted molar refractivity (Wildman–Crippen MR) is 46.6 cm³/mol. The second-order valence-electron chi connectivity index (χ2n) is 3.74. The van der Waals surface area contributed by atoms with Crippen molar-refractivity contribution in [1.82, 2.24) is 4.90 Å². The lowest BCUT2D eigenvalue weighted by atomic mass is 10.1. The monoisotopic (exact) mass is 157 g/mol. The van der Waals surface area contributed by atoms with Crippen molar-refractivity contribution >= 4 is 0 Å². The Morgan fingerprint density at radius 1 is 1.09 bits per heavy atom. The summed E-state index contributed by atoms with van der Waals surface area (Å²) in [6, 6.07) is 0.400. The molecule has 1 fully saturated rings. The third kappa shape index (κ3) is 2.46. The molecule has 0 aromatic rings. The molecule has 2 unspecified atom stereocenters. The van der Waals surface area contributed by atoms with Gasteiger partial charge in [-0.15, -0.1) is 0 Å². The van der Waals surface area contributed by atoms with Crippen molar-refractivity contribution in [3.8, 4) is 0 Å². The Kier molecular flexibility index (Phi) is 3.34. The molecule has 0 amide bonds. The topological polar surface area (TPSA) is 23.5 Å². The number of hydrogen-bond donors (Lipinski definition) is 1. The minimum absolute atomic E-state index is 0.0903. The Balaban J connectivity index is 2.45. The van der Waals surface area contributed by atoms with E-state index in [-0.39, 0.29) is 6.10 Å². The van der Waals surface area contributed by atoms with Crippen LogP contribution >= 0.6 is 0 Å². The molecule has 1 aliphatic carbocycles. The lowest BCUT2D eigenvalue weighted by Crippen LogP contribution is -2.37. The van der Waals surface area contributed by atoms with E-state index in [1.54, 1.807) is 0 Å². The van der Waals surface area contributed by atoms with Crippen molar-refractivity contribution in [3.63, 3.8) is 0 Å². The van der Waals surface area contributed by atoms with Crippen molar-refractivity contribution < 1.29 is 5.11 Å². The quantitative estimate of drug-likeness (QED) is 0.579. The molecule has 2 heteroatoms. The average Bonchev–Trinajstić information content (AvgIpc) is 2.13. The Morgan fingerprint density at radius 3 is 2.36 bits per heavy atom. The summed E-state index contributed by atoms with van der Waals surface area (Å²) in [5.41, 5.74) is 0. The predicted octanol–water partition coefficient (Wildman–Crippen LogP) is 1.24. The van der Waals surface area contributed by atoms with Crippen molar-refractivity contribution in [1.29, 1.82) is 0 Å². The molecule has 1 N–H and O–H groups in total. The van der Waals surface area contributed by atoms with Crippen LogP contribution in [0.25, 0.3) is 0 Å². The van der Waals surface area contributed by atoms with Crippen LogP contribution in [-0.4, -0.2) is 36.2 Å². The van der Waals surface area contributed by atoms with Gasteiger partial charge in [-0.05, 0) is 26.9 Å². The molecule has 0 aromatic heterocycles. The maximum Gasteiger partial charge on any atom is 0.0695 e. The van der Waals surface area contributed by atoms with Gasteiger partial charge in [-0.1, -0.05) is 19.3 Å². The normalized spacial score (nSPS) is 33.8. The summed E-state index contributed by atoms with van der Waals surface area (Å²) in [7, 11) is 4.11. The van der Waals surface area contributed by atoms with E-state index in [1.807, 2.05) is 0 Å². The first-order valence-corrected chi connectivity index (χ1v) is 4.56. The van der Waals surface area contributed by atoms with Crippen LogP contribution in [0.4, 0.5) is 0 Å². The third-order valence-electron chi connectivity index (χ3n) is 2.61. The second-order valence-corrected chi connectivity index (χ2v) is 3.74. The van der Waals surface area contributed by atoms with Crippen molar-refractivity contribution in [2.24, 2.45) is 0 Å². The summed E-state index contributed by atoms with van der Waals surface area (Å²) in [5.74, 6) is 0. The largest absolute Gasteiger partial charge is 0.391 e. The lowest BCUT2D eigenvalue weighted by Gasteiger charge is -2.26. The molecule has 0 heterocycles. The lowest BCUT2D eigenvalue weighted by molar-refractivity contribution is 0.0707. The van der Waals surface area contributed by atoms with Crippen LogP contribution in [0.2, 0.25) is 0 Å². The summed E-state index contributed by atoms with van der Waals surface area (Å²) < 4.78 is 0. The molecule has 0 aromatic carbocycles. The van der Waals surface area contributed by atoms with Gasteiger partial charge in [-0.3, -0.25) is 0 Å². The van der Waals surface area contributed by atoms with Crippen molar-refractivity contribution in [2.75, 3.05) is 14.1 Å². The zero-order valence-corrected chi connectivity index (χ0v) is 7.58. The minimum atomic E-state index is -0.0903. The van der Waals surface area contributed by atoms with Gasteiger partial charge in [-0.25, -0.2) is 0 Å². The van der Waals surface area contributed by atoms with E-state index in [4.69, 9.17) is 0 Å². The highest BCUT2D eigenvalue weighted by Gasteiger charge is 2.22. The van der Waals surface area contributed by atoms with E-state index in [0.717, 1.165) is 12.8 Å². The Hall–Kier alpha value is -0.0800. The molecule has 0 aliphatic heterocycles. The van der Waals surface area contributed by atoms with E-state index in [9.17, 15) is 5.11 Å². The Labute approximate surface area is 69.2 Å². The zero-order chi connectivity index (χ0) is 8.27. The molecular formula is C9H19NO. The van der Waals surface area contributed by atoms with Gasteiger partial charge in [0, 0.05) is 6.04 Å². The van der Waals surface area contributed by atoms with Gasteiger partial charge in [-0.2, -0.15) is 0 Å². The maximum absolute atomic E-state index is 9.68. The van der Waals surface area contributed by atoms with Gasteiger partial charge in [0.15, 0.2) is 0 Å². The number of hydrogen-bond acceptors (Lipinski definition) is 2. The fourth-order valence-electron chi connectivity index (χ4n) is 1.87. The number of likely N-dealkylation sites (N-methyl/N-ethyl adjacent to an activating group) is 1. The van der Waals surface area contributed by atoms with Gasteiger partial charge >= 0.3 is 0 Å². The molecule has 1 rings (SSSR count). The van der Waals surface area contributed by atoms with E-state index in [2.05, 4.69) is 19.0 Å². The molecular weight excluding hydrogens is 138 g/mol. The summed E-state index contributed by atoms with van der Waals surface area (Å²) >= 11 is 0. The summed E-state index contributed by atoms with van der Waals surface area (Å²) in [4.78, 5) is 2.15. The van der Waals surface area contributed by atoms with E-state index >= 15 is 0 Å². The van der Waals surface area contributed by atoms with Gasteiger partial charge in [0.25, 0.3) is 0 Å². The van der Waals surface area contributed by atoms with Gasteiger partial charge in [0.1, 0.15) is 0 Å². The first kappa shape index (κ1) is 9.01. The molecule has 0 bridgehead atoms. The van der Waals surface area contributed by atoms with Crippen LogP contribution in [0.5, 0.6) is 0 Å². The maximum atomic E-state index is 9.68. The van der Waals surface area contributed by atoms with E-state index in [1.165, 1.54) is 19.3 Å². The van der Waals surface area contributed by atoms with Crippen molar-refractivity contribution in [3.05, 3.63) is 0 Å². The number of nitrogens with zero attached hydrogens (tertiary/aromatic N) is 1. The van der Waals surface area contributed by atoms with Gasteiger partial charge in [0.2, 0.25) is 0 Å². The smallest absolute Gasteiger partial charge is 0.0695 e. The van der Waals surface area contributed by atoms with Crippen LogP contribution in [0.3, 0.4) is 0 Å². The average molecular weight is 157 g/mol. The summed E-state index contributed by atoms with van der Waals surface area (Å²) in [5, 5.41) is 9.68. The molecule has 0 radical (unpaired) electrons. The number of aliphatic hydroxyl groups is 1. The van der Waals surface area contributed by atoms with E-state index in [0.29, 0.717) is 6.04 Å². The van der Waals surface area contributed by atoms with Crippen molar-refractivity contribution in [2.45, 2.75) is 44.2 Å². The Bertz CT molecular complexity index is 114. The second kappa shape index (κ2) is 4.07. The first-order chi connectivity index (χ1) is 5.22. The molecule has 1 saturated carbocycles. The van der Waals surface area contributed by atoms with Crippen LogP contribution in [0, 0.1) is 0 Å². The highest BCUT2D eigenvalue weighted by molar-refractivity contribution is 4.78. The molecule has 1 aliphatic rings. The number of rotatable bonds is 1. The molecule has 0 saturated heterocycles. The minimum Gasteiger partial charge on any atom is -0.391 e. The zero-order valence-electron chi connectivity index (χ0n) is 7.58.